The first-order valence-corrected chi connectivity index (χ1v) is 26.1. The molecule has 11 nitrogen and oxygen atoms in total. The van der Waals surface area contributed by atoms with E-state index < -0.39 is 49.5 Å². The van der Waals surface area contributed by atoms with Gasteiger partial charge in [0.15, 0.2) is 6.29 Å². The van der Waals surface area contributed by atoms with Crippen molar-refractivity contribution in [1.29, 1.82) is 0 Å². The van der Waals surface area contributed by atoms with Crippen molar-refractivity contribution in [2.45, 2.75) is 275 Å². The number of esters is 1. The molecular weight excluding hydrogens is 799 g/mol. The summed E-state index contributed by atoms with van der Waals surface area (Å²) in [6.07, 6.45) is 38.4. The van der Waals surface area contributed by atoms with E-state index in [1.165, 1.54) is 135 Å². The van der Waals surface area contributed by atoms with Crippen LogP contribution in [0.15, 0.2) is 24.3 Å². The number of rotatable bonds is 44. The first-order valence-electron chi connectivity index (χ1n) is 26.1. The molecule has 1 rings (SSSR count). The van der Waals surface area contributed by atoms with Gasteiger partial charge in [-0.25, -0.2) is 0 Å². The second kappa shape index (κ2) is 42.8. The minimum Gasteiger partial charge on any atom is -0.466 e. The Labute approximate surface area is 384 Å². The molecular formula is C52H97NO10. The number of amides is 1. The van der Waals surface area contributed by atoms with Gasteiger partial charge in [-0.2, -0.15) is 0 Å². The lowest BCUT2D eigenvalue weighted by molar-refractivity contribution is -0.302. The lowest BCUT2D eigenvalue weighted by Gasteiger charge is -2.40. The summed E-state index contributed by atoms with van der Waals surface area (Å²) in [7, 11) is 0. The first kappa shape index (κ1) is 59.2. The number of carbonyl (C=O) groups excluding carboxylic acids is 2. The molecule has 1 saturated heterocycles. The van der Waals surface area contributed by atoms with E-state index in [0.717, 1.165) is 70.6 Å². The summed E-state index contributed by atoms with van der Waals surface area (Å²) in [5.41, 5.74) is 0. The van der Waals surface area contributed by atoms with E-state index in [9.17, 15) is 35.1 Å². The average molecular weight is 896 g/mol. The summed E-state index contributed by atoms with van der Waals surface area (Å²) in [5.74, 6) is -0.223. The smallest absolute Gasteiger partial charge is 0.305 e. The van der Waals surface area contributed by atoms with Gasteiger partial charge in [0.2, 0.25) is 5.91 Å². The number of hydrogen-bond acceptors (Lipinski definition) is 10. The molecule has 7 atom stereocenters. The number of hydrogen-bond donors (Lipinski definition) is 6. The Hall–Kier alpha value is -1.86. The van der Waals surface area contributed by atoms with Crippen molar-refractivity contribution >= 4 is 11.9 Å². The highest BCUT2D eigenvalue weighted by molar-refractivity contribution is 5.76. The number of nitrogens with one attached hydrogen (secondary N) is 1. The Morgan fingerprint density at radius 1 is 0.571 bits per heavy atom. The zero-order valence-electron chi connectivity index (χ0n) is 40.3. The highest BCUT2D eigenvalue weighted by Gasteiger charge is 2.44. The van der Waals surface area contributed by atoms with Crippen molar-refractivity contribution in [3.05, 3.63) is 24.3 Å². The Bertz CT molecular complexity index is 1100. The lowest BCUT2D eigenvalue weighted by Crippen LogP contribution is -2.60. The Kier molecular flexibility index (Phi) is 40.1. The highest BCUT2D eigenvalue weighted by atomic mass is 16.7. The summed E-state index contributed by atoms with van der Waals surface area (Å²) < 4.78 is 16.6. The van der Waals surface area contributed by atoms with E-state index in [0.29, 0.717) is 19.4 Å². The SMILES string of the molecule is CCCCC/C=C/CC/C=C/C(O)C(COC1OC(CO)C(O)C(O)C1O)NC(=O)CCCCCCCCCCCCCCCCCOC(=O)CCCCCCCCCCCCC. The molecule has 0 bridgehead atoms. The predicted octanol–water partition coefficient (Wildman–Crippen LogP) is 10.6. The van der Waals surface area contributed by atoms with Crippen LogP contribution in [-0.4, -0.2) is 100 Å². The zero-order chi connectivity index (χ0) is 46.0. The summed E-state index contributed by atoms with van der Waals surface area (Å²) in [6.45, 7) is 4.23. The Balaban J connectivity index is 2.11. The van der Waals surface area contributed by atoms with E-state index in [2.05, 4.69) is 31.3 Å². The van der Waals surface area contributed by atoms with Crippen LogP contribution in [0.25, 0.3) is 0 Å². The van der Waals surface area contributed by atoms with E-state index in [4.69, 9.17) is 14.2 Å². The zero-order valence-corrected chi connectivity index (χ0v) is 40.3. The maximum atomic E-state index is 12.9. The van der Waals surface area contributed by atoms with Gasteiger partial charge in [-0.05, 0) is 44.9 Å². The molecule has 0 aliphatic carbocycles. The predicted molar refractivity (Wildman–Crippen MR) is 255 cm³/mol. The molecule has 11 heteroatoms. The fourth-order valence-electron chi connectivity index (χ4n) is 8.10. The van der Waals surface area contributed by atoms with Gasteiger partial charge in [0, 0.05) is 12.8 Å². The van der Waals surface area contributed by atoms with Gasteiger partial charge in [0.25, 0.3) is 0 Å². The minimum absolute atomic E-state index is 0.0203. The molecule has 0 aromatic carbocycles. The number of ether oxygens (including phenoxy) is 3. The average Bonchev–Trinajstić information content (AvgIpc) is 3.28. The Morgan fingerprint density at radius 2 is 1.03 bits per heavy atom. The fourth-order valence-corrected chi connectivity index (χ4v) is 8.10. The summed E-state index contributed by atoms with van der Waals surface area (Å²) in [4.78, 5) is 25.0. The normalized spacial score (nSPS) is 20.1. The van der Waals surface area contributed by atoms with Crippen LogP contribution in [0.4, 0.5) is 0 Å². The first-order chi connectivity index (χ1) is 30.7. The fraction of sp³-hybridized carbons (Fsp3) is 0.885. The largest absolute Gasteiger partial charge is 0.466 e. The van der Waals surface area contributed by atoms with Gasteiger partial charge in [-0.3, -0.25) is 9.59 Å². The molecule has 63 heavy (non-hydrogen) atoms. The quantitative estimate of drug-likeness (QED) is 0.0196. The lowest BCUT2D eigenvalue weighted by atomic mass is 9.99. The third-order valence-electron chi connectivity index (χ3n) is 12.3. The van der Waals surface area contributed by atoms with Crippen LogP contribution in [0.5, 0.6) is 0 Å². The van der Waals surface area contributed by atoms with E-state index in [1.54, 1.807) is 6.08 Å². The molecule has 1 aliphatic heterocycles. The van der Waals surface area contributed by atoms with Gasteiger partial charge < -0.3 is 45.1 Å². The number of aliphatic hydroxyl groups excluding tert-OH is 5. The van der Waals surface area contributed by atoms with Gasteiger partial charge in [0.1, 0.15) is 24.4 Å². The monoisotopic (exact) mass is 896 g/mol. The van der Waals surface area contributed by atoms with Crippen molar-refractivity contribution in [3.8, 4) is 0 Å². The third kappa shape index (κ3) is 33.3. The molecule has 0 spiro atoms. The Morgan fingerprint density at radius 3 is 1.57 bits per heavy atom. The second-order valence-electron chi connectivity index (χ2n) is 18.2. The van der Waals surface area contributed by atoms with Crippen molar-refractivity contribution in [2.75, 3.05) is 19.8 Å². The molecule has 1 heterocycles. The van der Waals surface area contributed by atoms with Gasteiger partial charge in [-0.15, -0.1) is 0 Å². The standard InChI is InChI=1S/C52H97NO10/c1-3-5-7-9-11-13-19-24-28-32-36-40-48(57)61-41-37-33-29-25-21-18-16-14-15-17-20-23-27-31-35-39-47(56)53-44(45(55)38-34-30-26-22-12-10-8-6-4-2)43-62-52-51(60)50(59)49(58)46(42-54)63-52/h12,22,34,38,44-46,49-52,54-55,58-60H,3-11,13-21,23-33,35-37,39-43H2,1-2H3,(H,53,56)/b22-12+,38-34+. The topological polar surface area (TPSA) is 175 Å². The second-order valence-corrected chi connectivity index (χ2v) is 18.2. The van der Waals surface area contributed by atoms with Crippen molar-refractivity contribution in [1.82, 2.24) is 5.32 Å². The molecule has 0 aromatic rings. The number of unbranched alkanes of at least 4 members (excludes halogenated alkanes) is 28. The van der Waals surface area contributed by atoms with Crippen LogP contribution >= 0.6 is 0 Å². The van der Waals surface area contributed by atoms with Crippen LogP contribution in [-0.2, 0) is 23.8 Å². The van der Waals surface area contributed by atoms with E-state index in [1.807, 2.05) is 6.08 Å². The molecule has 370 valence electrons. The molecule has 0 aromatic heterocycles. The van der Waals surface area contributed by atoms with E-state index in [-0.39, 0.29) is 18.5 Å². The summed E-state index contributed by atoms with van der Waals surface area (Å²) in [5, 5.41) is 54.0. The molecule has 1 fully saturated rings. The van der Waals surface area contributed by atoms with Crippen LogP contribution < -0.4 is 5.32 Å². The molecule has 7 unspecified atom stereocenters. The van der Waals surface area contributed by atoms with Crippen molar-refractivity contribution in [3.63, 3.8) is 0 Å². The van der Waals surface area contributed by atoms with Gasteiger partial charge in [0.05, 0.1) is 32.0 Å². The molecule has 6 N–H and O–H groups in total. The summed E-state index contributed by atoms with van der Waals surface area (Å²) >= 11 is 0. The van der Waals surface area contributed by atoms with Crippen LogP contribution in [0.2, 0.25) is 0 Å². The van der Waals surface area contributed by atoms with Crippen LogP contribution in [0.1, 0.15) is 232 Å². The molecule has 0 radical (unpaired) electrons. The number of aliphatic hydroxyl groups is 5. The highest BCUT2D eigenvalue weighted by Crippen LogP contribution is 2.23. The van der Waals surface area contributed by atoms with Gasteiger partial charge in [-0.1, -0.05) is 199 Å². The third-order valence-corrected chi connectivity index (χ3v) is 12.3. The molecule has 1 amide bonds. The van der Waals surface area contributed by atoms with Gasteiger partial charge >= 0.3 is 5.97 Å². The number of carbonyl (C=O) groups is 2. The van der Waals surface area contributed by atoms with Crippen molar-refractivity contribution < 1.29 is 49.3 Å². The van der Waals surface area contributed by atoms with Crippen LogP contribution in [0, 0.1) is 0 Å². The minimum atomic E-state index is -1.58. The molecule has 0 saturated carbocycles. The van der Waals surface area contributed by atoms with E-state index >= 15 is 0 Å². The number of allylic oxidation sites excluding steroid dienone is 3. The van der Waals surface area contributed by atoms with Crippen LogP contribution in [0.3, 0.4) is 0 Å². The maximum Gasteiger partial charge on any atom is 0.305 e. The molecule has 1 aliphatic rings. The maximum absolute atomic E-state index is 12.9. The summed E-state index contributed by atoms with van der Waals surface area (Å²) in [6, 6.07) is -0.831. The van der Waals surface area contributed by atoms with Crippen molar-refractivity contribution in [2.24, 2.45) is 0 Å².